The topological polar surface area (TPSA) is 59.4 Å². The van der Waals surface area contributed by atoms with E-state index < -0.39 is 0 Å². The number of amides is 1. The Hall–Kier alpha value is -1.70. The first-order valence-electron chi connectivity index (χ1n) is 9.34. The summed E-state index contributed by atoms with van der Waals surface area (Å²) in [5.74, 6) is -0.0411. The van der Waals surface area contributed by atoms with Crippen LogP contribution in [0.4, 0.5) is 0 Å². The number of aryl methyl sites for hydroxylation is 1. The maximum absolute atomic E-state index is 13.0. The molecule has 1 N–H and O–H groups in total. The Bertz CT molecular complexity index is 737. The highest BCUT2D eigenvalue weighted by atomic mass is 32.1. The Morgan fingerprint density at radius 2 is 2.27 bits per heavy atom. The predicted octanol–water partition coefficient (Wildman–Crippen LogP) is 1.92. The maximum Gasteiger partial charge on any atom is 0.230 e. The normalized spacial score (nSPS) is 21.5. The highest BCUT2D eigenvalue weighted by Gasteiger charge is 2.36. The van der Waals surface area contributed by atoms with E-state index in [1.54, 1.807) is 11.3 Å². The molecule has 1 atom stereocenters. The van der Waals surface area contributed by atoms with Crippen LogP contribution >= 0.6 is 11.3 Å². The van der Waals surface area contributed by atoms with Crippen molar-refractivity contribution < 1.29 is 9.53 Å². The van der Waals surface area contributed by atoms with E-state index in [2.05, 4.69) is 32.7 Å². The number of aromatic nitrogens is 2. The molecular formula is C19H26N4O2S. The van der Waals surface area contributed by atoms with Gasteiger partial charge in [0.15, 0.2) is 0 Å². The third-order valence-electron chi connectivity index (χ3n) is 5.44. The molecule has 1 saturated heterocycles. The zero-order valence-corrected chi connectivity index (χ0v) is 16.0. The first kappa shape index (κ1) is 17.7. The fourth-order valence-corrected chi connectivity index (χ4v) is 4.77. The second-order valence-electron chi connectivity index (χ2n) is 7.13. The molecule has 7 heteroatoms. The second-order valence-corrected chi connectivity index (χ2v) is 8.17. The molecule has 2 aromatic heterocycles. The van der Waals surface area contributed by atoms with Crippen molar-refractivity contribution in [3.63, 3.8) is 0 Å². The highest BCUT2D eigenvalue weighted by molar-refractivity contribution is 7.09. The van der Waals surface area contributed by atoms with E-state index in [-0.39, 0.29) is 11.8 Å². The van der Waals surface area contributed by atoms with E-state index in [1.807, 2.05) is 17.9 Å². The van der Waals surface area contributed by atoms with Gasteiger partial charge in [0.25, 0.3) is 0 Å². The summed E-state index contributed by atoms with van der Waals surface area (Å²) in [4.78, 5) is 21.3. The van der Waals surface area contributed by atoms with Gasteiger partial charge in [-0.25, -0.2) is 4.98 Å². The molecular weight excluding hydrogens is 348 g/mol. The van der Waals surface area contributed by atoms with Crippen molar-refractivity contribution in [1.82, 2.24) is 19.8 Å². The van der Waals surface area contributed by atoms with E-state index in [0.29, 0.717) is 12.6 Å². The van der Waals surface area contributed by atoms with Crippen LogP contribution in [0, 0.1) is 0 Å². The zero-order chi connectivity index (χ0) is 17.9. The number of ether oxygens (including phenoxy) is 1. The number of imidazole rings is 1. The van der Waals surface area contributed by atoms with Crippen molar-refractivity contribution in [2.45, 2.75) is 37.8 Å². The molecule has 0 unspecified atom stereocenters. The molecule has 1 amide bonds. The molecule has 2 aliphatic rings. The largest absolute Gasteiger partial charge is 0.381 e. The number of fused-ring (bicyclic) bond motifs is 1. The van der Waals surface area contributed by atoms with Gasteiger partial charge in [0.2, 0.25) is 5.91 Å². The van der Waals surface area contributed by atoms with Crippen LogP contribution in [0.5, 0.6) is 0 Å². The minimum absolute atomic E-state index is 0.114. The lowest BCUT2D eigenvalue weighted by atomic mass is 9.94. The minimum Gasteiger partial charge on any atom is -0.381 e. The summed E-state index contributed by atoms with van der Waals surface area (Å²) in [6.07, 6.45) is 4.80. The molecule has 0 aliphatic carbocycles. The average Bonchev–Trinajstić information content (AvgIpc) is 3.32. The van der Waals surface area contributed by atoms with Gasteiger partial charge < -0.3 is 14.6 Å². The van der Waals surface area contributed by atoms with Crippen molar-refractivity contribution in [2.75, 3.05) is 26.3 Å². The predicted molar refractivity (Wildman–Crippen MR) is 101 cm³/mol. The summed E-state index contributed by atoms with van der Waals surface area (Å²) in [6.45, 7) is 3.91. The lowest BCUT2D eigenvalue weighted by Gasteiger charge is -2.39. The number of carbonyl (C=O) groups is 1. The first-order valence-corrected chi connectivity index (χ1v) is 10.2. The van der Waals surface area contributed by atoms with Crippen molar-refractivity contribution in [2.24, 2.45) is 7.05 Å². The summed E-state index contributed by atoms with van der Waals surface area (Å²) >= 11 is 1.74. The van der Waals surface area contributed by atoms with Gasteiger partial charge in [0.05, 0.1) is 23.6 Å². The summed E-state index contributed by atoms with van der Waals surface area (Å²) in [5, 5.41) is 5.22. The lowest BCUT2D eigenvalue weighted by molar-refractivity contribution is -0.123. The zero-order valence-electron chi connectivity index (χ0n) is 15.2. The number of carbonyl (C=O) groups excluding carboxylic acids is 1. The van der Waals surface area contributed by atoms with Crippen molar-refractivity contribution in [1.29, 1.82) is 0 Å². The number of thiophene rings is 1. The smallest absolute Gasteiger partial charge is 0.230 e. The number of rotatable bonds is 5. The van der Waals surface area contributed by atoms with Gasteiger partial charge in [-0.1, -0.05) is 6.07 Å². The number of nitrogens with one attached hydrogen (secondary N) is 1. The molecule has 0 radical (unpaired) electrons. The number of hydrogen-bond donors (Lipinski definition) is 1. The molecule has 2 aliphatic heterocycles. The molecule has 4 heterocycles. The maximum atomic E-state index is 13.0. The van der Waals surface area contributed by atoms with Gasteiger partial charge in [0, 0.05) is 50.8 Å². The van der Waals surface area contributed by atoms with Crippen LogP contribution in [-0.2, 0) is 29.5 Å². The Balaban J connectivity index is 1.45. The summed E-state index contributed by atoms with van der Waals surface area (Å²) in [7, 11) is 1.99. The van der Waals surface area contributed by atoms with Gasteiger partial charge >= 0.3 is 0 Å². The van der Waals surface area contributed by atoms with Crippen molar-refractivity contribution in [3.05, 3.63) is 40.1 Å². The molecule has 0 bridgehead atoms. The molecule has 2 aromatic rings. The monoisotopic (exact) mass is 374 g/mol. The molecule has 4 rings (SSSR count). The van der Waals surface area contributed by atoms with Crippen molar-refractivity contribution >= 4 is 17.2 Å². The molecule has 26 heavy (non-hydrogen) atoms. The highest BCUT2D eigenvalue weighted by Crippen LogP contribution is 2.30. The molecule has 0 spiro atoms. The summed E-state index contributed by atoms with van der Waals surface area (Å²) in [6, 6.07) is 4.65. The number of hydrogen-bond acceptors (Lipinski definition) is 5. The summed E-state index contributed by atoms with van der Waals surface area (Å²) < 4.78 is 7.52. The Kier molecular flexibility index (Phi) is 5.38. The van der Waals surface area contributed by atoms with Crippen LogP contribution in [0.1, 0.15) is 35.0 Å². The van der Waals surface area contributed by atoms with Gasteiger partial charge in [-0.3, -0.25) is 9.69 Å². The second kappa shape index (κ2) is 7.90. The quantitative estimate of drug-likeness (QED) is 0.869. The van der Waals surface area contributed by atoms with E-state index in [4.69, 9.17) is 4.74 Å². The van der Waals surface area contributed by atoms with Crippen LogP contribution < -0.4 is 5.32 Å². The Labute approximate surface area is 158 Å². The Morgan fingerprint density at radius 3 is 3.04 bits per heavy atom. The first-order chi connectivity index (χ1) is 12.7. The van der Waals surface area contributed by atoms with Crippen LogP contribution in [0.2, 0.25) is 0 Å². The van der Waals surface area contributed by atoms with Gasteiger partial charge in [-0.15, -0.1) is 11.3 Å². The van der Waals surface area contributed by atoms with E-state index in [0.717, 1.165) is 57.0 Å². The van der Waals surface area contributed by atoms with Gasteiger partial charge in [-0.05, 0) is 30.7 Å². The van der Waals surface area contributed by atoms with Crippen LogP contribution in [0.15, 0.2) is 23.8 Å². The SMILES string of the molecule is Cn1cnc2c1[C@H](C(=O)NCCc1cccs1)CN(C1CCOCC1)C2. The molecule has 0 aromatic carbocycles. The Morgan fingerprint density at radius 1 is 1.42 bits per heavy atom. The van der Waals surface area contributed by atoms with Crippen LogP contribution in [-0.4, -0.2) is 52.7 Å². The standard InChI is InChI=1S/C19H26N4O2S/c1-22-13-21-17-12-23(14-5-8-25-9-6-14)11-16(18(17)22)19(24)20-7-4-15-3-2-10-26-15/h2-3,10,13-14,16H,4-9,11-12H2,1H3,(H,20,24)/t16-/m1/s1. The fourth-order valence-electron chi connectivity index (χ4n) is 4.06. The molecule has 6 nitrogen and oxygen atoms in total. The van der Waals surface area contributed by atoms with Crippen LogP contribution in [0.3, 0.4) is 0 Å². The van der Waals surface area contributed by atoms with Gasteiger partial charge in [0.1, 0.15) is 0 Å². The fraction of sp³-hybridized carbons (Fsp3) is 0.579. The average molecular weight is 375 g/mol. The van der Waals surface area contributed by atoms with Gasteiger partial charge in [-0.2, -0.15) is 0 Å². The van der Waals surface area contributed by atoms with Crippen LogP contribution in [0.25, 0.3) is 0 Å². The van der Waals surface area contributed by atoms with E-state index in [9.17, 15) is 4.79 Å². The molecule has 0 saturated carbocycles. The van der Waals surface area contributed by atoms with E-state index >= 15 is 0 Å². The minimum atomic E-state index is -0.155. The third-order valence-corrected chi connectivity index (χ3v) is 6.37. The lowest BCUT2D eigenvalue weighted by Crippen LogP contribution is -2.47. The third kappa shape index (κ3) is 3.70. The van der Waals surface area contributed by atoms with E-state index in [1.165, 1.54) is 4.88 Å². The van der Waals surface area contributed by atoms with Crippen molar-refractivity contribution in [3.8, 4) is 0 Å². The molecule has 140 valence electrons. The summed E-state index contributed by atoms with van der Waals surface area (Å²) in [5.41, 5.74) is 2.12. The number of nitrogens with zero attached hydrogens (tertiary/aromatic N) is 3. The molecule has 1 fully saturated rings.